The van der Waals surface area contributed by atoms with Crippen LogP contribution in [0.5, 0.6) is 0 Å². The first kappa shape index (κ1) is 22.2. The fraction of sp³-hybridized carbons (Fsp3) is 0.310. The van der Waals surface area contributed by atoms with Gasteiger partial charge in [0.15, 0.2) is 0 Å². The number of carbonyl (C=O) groups is 2. The summed E-state index contributed by atoms with van der Waals surface area (Å²) in [5, 5.41) is 2.89. The molecule has 1 aliphatic heterocycles. The van der Waals surface area contributed by atoms with E-state index < -0.39 is 11.7 Å². The smallest absolute Gasteiger partial charge is 0.408 e. The largest absolute Gasteiger partial charge is 0.438 e. The van der Waals surface area contributed by atoms with Gasteiger partial charge in [-0.15, -0.1) is 0 Å². The highest BCUT2D eigenvalue weighted by Crippen LogP contribution is 2.49. The average Bonchev–Trinajstić information content (AvgIpc) is 3.70. The van der Waals surface area contributed by atoms with Gasteiger partial charge >= 0.3 is 6.09 Å². The zero-order chi connectivity index (χ0) is 23.4. The van der Waals surface area contributed by atoms with Crippen LogP contribution in [0.3, 0.4) is 0 Å². The Kier molecular flexibility index (Phi) is 6.35. The van der Waals surface area contributed by atoms with Crippen molar-refractivity contribution in [3.63, 3.8) is 0 Å². The third kappa shape index (κ3) is 4.84. The summed E-state index contributed by atoms with van der Waals surface area (Å²) in [5.41, 5.74) is 2.51. The summed E-state index contributed by atoms with van der Waals surface area (Å²) < 4.78 is 6.09. The van der Waals surface area contributed by atoms with Crippen LogP contribution in [0.1, 0.15) is 41.9 Å². The molecule has 1 heterocycles. The number of nitrogens with one attached hydrogen (secondary N) is 1. The summed E-state index contributed by atoms with van der Waals surface area (Å²) in [7, 11) is 0. The SMILES string of the molecule is O=C(NCc1ccccc1)OC1(c2ccccc2)CCN(C(=O)C2CC2c2ccccc2)CC1. The van der Waals surface area contributed by atoms with Crippen molar-refractivity contribution in [2.45, 2.75) is 37.3 Å². The van der Waals surface area contributed by atoms with Gasteiger partial charge in [-0.2, -0.15) is 0 Å². The van der Waals surface area contributed by atoms with E-state index in [9.17, 15) is 9.59 Å². The Labute approximate surface area is 200 Å². The molecule has 2 unspecified atom stereocenters. The molecule has 34 heavy (non-hydrogen) atoms. The second-order valence-electron chi connectivity index (χ2n) is 9.27. The Bertz CT molecular complexity index is 1110. The Morgan fingerprint density at radius 1 is 0.853 bits per heavy atom. The summed E-state index contributed by atoms with van der Waals surface area (Å²) in [6.45, 7) is 1.58. The third-order valence-corrected chi connectivity index (χ3v) is 7.09. The molecule has 2 atom stereocenters. The predicted molar refractivity (Wildman–Crippen MR) is 131 cm³/mol. The molecule has 5 nitrogen and oxygen atoms in total. The Morgan fingerprint density at radius 2 is 1.44 bits per heavy atom. The lowest BCUT2D eigenvalue weighted by molar-refractivity contribution is -0.137. The zero-order valence-corrected chi connectivity index (χ0v) is 19.2. The van der Waals surface area contributed by atoms with Crippen LogP contribution in [0.15, 0.2) is 91.0 Å². The summed E-state index contributed by atoms with van der Waals surface area (Å²) in [4.78, 5) is 27.9. The number of hydrogen-bond acceptors (Lipinski definition) is 3. The molecule has 0 radical (unpaired) electrons. The number of carbonyl (C=O) groups excluding carboxylic acids is 2. The average molecular weight is 455 g/mol. The molecule has 2 amide bonds. The highest BCUT2D eigenvalue weighted by Gasteiger charge is 2.48. The van der Waals surface area contributed by atoms with Crippen LogP contribution >= 0.6 is 0 Å². The number of rotatable bonds is 6. The van der Waals surface area contributed by atoms with E-state index in [-0.39, 0.29) is 11.8 Å². The number of likely N-dealkylation sites (tertiary alicyclic amines) is 1. The molecule has 0 spiro atoms. The van der Waals surface area contributed by atoms with E-state index in [1.165, 1.54) is 5.56 Å². The van der Waals surface area contributed by atoms with E-state index >= 15 is 0 Å². The quantitative estimate of drug-likeness (QED) is 0.555. The molecular weight excluding hydrogens is 424 g/mol. The normalized spacial score (nSPS) is 20.9. The number of benzene rings is 3. The molecule has 5 heteroatoms. The third-order valence-electron chi connectivity index (χ3n) is 7.09. The van der Waals surface area contributed by atoms with Gasteiger partial charge in [-0.05, 0) is 29.0 Å². The number of ether oxygens (including phenoxy) is 1. The molecule has 2 fully saturated rings. The molecule has 3 aromatic carbocycles. The fourth-order valence-corrected chi connectivity index (χ4v) is 5.03. The Morgan fingerprint density at radius 3 is 2.09 bits per heavy atom. The minimum atomic E-state index is -0.735. The molecule has 1 aliphatic carbocycles. The van der Waals surface area contributed by atoms with Gasteiger partial charge in [0.2, 0.25) is 5.91 Å². The van der Waals surface area contributed by atoms with Crippen molar-refractivity contribution in [2.24, 2.45) is 5.92 Å². The van der Waals surface area contributed by atoms with Crippen LogP contribution in [0.4, 0.5) is 4.79 Å². The molecular formula is C29H30N2O3. The summed E-state index contributed by atoms with van der Waals surface area (Å²) >= 11 is 0. The molecule has 2 aliphatic rings. The maximum atomic E-state index is 13.2. The van der Waals surface area contributed by atoms with Crippen molar-refractivity contribution in [1.29, 1.82) is 0 Å². The first-order valence-corrected chi connectivity index (χ1v) is 12.0. The molecule has 0 aromatic heterocycles. The van der Waals surface area contributed by atoms with Crippen LogP contribution in [-0.2, 0) is 21.7 Å². The first-order chi connectivity index (χ1) is 16.6. The van der Waals surface area contributed by atoms with E-state index in [0.29, 0.717) is 38.4 Å². The lowest BCUT2D eigenvalue weighted by Gasteiger charge is -2.41. The standard InChI is InChI=1S/C29H30N2O3/c32-27(26-20-25(26)23-12-6-2-7-13-23)31-18-16-29(17-19-31,24-14-8-3-9-15-24)34-28(33)30-21-22-10-4-1-5-11-22/h1-15,25-26H,16-21H2,(H,30,33). The van der Waals surface area contributed by atoms with Gasteiger partial charge in [0.1, 0.15) is 5.60 Å². The van der Waals surface area contributed by atoms with E-state index in [4.69, 9.17) is 4.74 Å². The van der Waals surface area contributed by atoms with Crippen molar-refractivity contribution in [3.05, 3.63) is 108 Å². The van der Waals surface area contributed by atoms with Crippen LogP contribution in [0.25, 0.3) is 0 Å². The predicted octanol–water partition coefficient (Wildman–Crippen LogP) is 5.23. The maximum Gasteiger partial charge on any atom is 0.408 e. The number of alkyl carbamates (subject to hydrolysis) is 1. The van der Waals surface area contributed by atoms with Crippen molar-refractivity contribution in [3.8, 4) is 0 Å². The molecule has 1 N–H and O–H groups in total. The highest BCUT2D eigenvalue weighted by molar-refractivity contribution is 5.83. The van der Waals surface area contributed by atoms with Crippen LogP contribution in [0, 0.1) is 5.92 Å². The Hall–Kier alpha value is -3.60. The second-order valence-corrected chi connectivity index (χ2v) is 9.27. The van der Waals surface area contributed by atoms with Crippen molar-refractivity contribution in [2.75, 3.05) is 13.1 Å². The minimum absolute atomic E-state index is 0.0710. The van der Waals surface area contributed by atoms with Gasteiger partial charge in [0.25, 0.3) is 0 Å². The summed E-state index contributed by atoms with van der Waals surface area (Å²) in [5.74, 6) is 0.625. The molecule has 3 aromatic rings. The lowest BCUT2D eigenvalue weighted by Crippen LogP contribution is -2.48. The van der Waals surface area contributed by atoms with Gasteiger partial charge < -0.3 is 15.0 Å². The Balaban J connectivity index is 1.23. The summed E-state index contributed by atoms with van der Waals surface area (Å²) in [6, 6.07) is 30.0. The number of piperidine rings is 1. The lowest BCUT2D eigenvalue weighted by atomic mass is 9.84. The van der Waals surface area contributed by atoms with Crippen LogP contribution in [-0.4, -0.2) is 30.0 Å². The van der Waals surface area contributed by atoms with Crippen molar-refractivity contribution < 1.29 is 14.3 Å². The van der Waals surface area contributed by atoms with Crippen molar-refractivity contribution in [1.82, 2.24) is 10.2 Å². The monoisotopic (exact) mass is 454 g/mol. The van der Waals surface area contributed by atoms with Gasteiger partial charge in [-0.25, -0.2) is 4.79 Å². The number of amides is 2. The van der Waals surface area contributed by atoms with E-state index in [1.54, 1.807) is 0 Å². The molecule has 0 bridgehead atoms. The highest BCUT2D eigenvalue weighted by atomic mass is 16.6. The molecule has 1 saturated carbocycles. The van der Waals surface area contributed by atoms with Gasteiger partial charge in [-0.3, -0.25) is 4.79 Å². The van der Waals surface area contributed by atoms with E-state index in [2.05, 4.69) is 17.4 Å². The van der Waals surface area contributed by atoms with Gasteiger partial charge in [0, 0.05) is 38.4 Å². The van der Waals surface area contributed by atoms with Gasteiger partial charge in [-0.1, -0.05) is 91.0 Å². The molecule has 174 valence electrons. The van der Waals surface area contributed by atoms with Gasteiger partial charge in [0.05, 0.1) is 0 Å². The second kappa shape index (κ2) is 9.72. The number of hydrogen-bond donors (Lipinski definition) is 1. The maximum absolute atomic E-state index is 13.2. The minimum Gasteiger partial charge on any atom is -0.438 e. The zero-order valence-electron chi connectivity index (χ0n) is 19.2. The van der Waals surface area contributed by atoms with E-state index in [0.717, 1.165) is 17.5 Å². The molecule has 1 saturated heterocycles. The first-order valence-electron chi connectivity index (χ1n) is 12.0. The summed E-state index contributed by atoms with van der Waals surface area (Å²) in [6.07, 6.45) is 1.66. The van der Waals surface area contributed by atoms with E-state index in [1.807, 2.05) is 83.8 Å². The topological polar surface area (TPSA) is 58.6 Å². The van der Waals surface area contributed by atoms with Crippen LogP contribution < -0.4 is 5.32 Å². The number of nitrogens with zero attached hydrogens (tertiary/aromatic N) is 1. The molecule has 5 rings (SSSR count). The van der Waals surface area contributed by atoms with Crippen LogP contribution in [0.2, 0.25) is 0 Å². The van der Waals surface area contributed by atoms with Crippen molar-refractivity contribution >= 4 is 12.0 Å². The fourth-order valence-electron chi connectivity index (χ4n) is 5.03.